The van der Waals surface area contributed by atoms with Gasteiger partial charge in [-0.2, -0.15) is 0 Å². The Balaban J connectivity index is 1.88. The summed E-state index contributed by atoms with van der Waals surface area (Å²) in [5.74, 6) is -5.06. The van der Waals surface area contributed by atoms with Gasteiger partial charge in [-0.15, -0.1) is 11.8 Å². The Hall–Kier alpha value is -2.55. The predicted molar refractivity (Wildman–Crippen MR) is 87.6 cm³/mol. The van der Waals surface area contributed by atoms with Crippen molar-refractivity contribution in [2.45, 2.75) is 17.9 Å². The fourth-order valence-corrected chi connectivity index (χ4v) is 2.58. The zero-order chi connectivity index (χ0) is 19.3. The molecule has 2 aromatic rings. The summed E-state index contributed by atoms with van der Waals surface area (Å²) in [5, 5.41) is 2.10. The van der Waals surface area contributed by atoms with Crippen molar-refractivity contribution in [3.63, 3.8) is 0 Å². The van der Waals surface area contributed by atoms with E-state index in [2.05, 4.69) is 5.32 Å². The number of ether oxygens (including phenoxy) is 1. The molecule has 0 aliphatic heterocycles. The number of hydrogen-bond acceptors (Lipinski definition) is 4. The number of hydrogen-bond donors (Lipinski definition) is 1. The molecule has 0 unspecified atom stereocenters. The second-order valence-electron chi connectivity index (χ2n) is 5.11. The maximum atomic E-state index is 13.5. The van der Waals surface area contributed by atoms with E-state index in [1.165, 1.54) is 6.92 Å². The smallest absolute Gasteiger partial charge is 0.317 e. The van der Waals surface area contributed by atoms with Crippen molar-refractivity contribution in [2.24, 2.45) is 0 Å². The SMILES string of the molecule is C[C@H](OC(=O)CSc1cc(F)ccc1F)C(=O)Nc1cc(F)ccc1F. The molecule has 138 valence electrons. The summed E-state index contributed by atoms with van der Waals surface area (Å²) >= 11 is 0.701. The fraction of sp³-hybridized carbons (Fsp3) is 0.176. The summed E-state index contributed by atoms with van der Waals surface area (Å²) in [7, 11) is 0. The highest BCUT2D eigenvalue weighted by Gasteiger charge is 2.20. The van der Waals surface area contributed by atoms with Gasteiger partial charge in [0.1, 0.15) is 23.3 Å². The maximum Gasteiger partial charge on any atom is 0.317 e. The van der Waals surface area contributed by atoms with E-state index in [1.807, 2.05) is 0 Å². The predicted octanol–water partition coefficient (Wildman–Crippen LogP) is 3.91. The summed E-state index contributed by atoms with van der Waals surface area (Å²) in [6.07, 6.45) is -1.30. The van der Waals surface area contributed by atoms with Crippen LogP contribution in [0.25, 0.3) is 0 Å². The Morgan fingerprint density at radius 2 is 1.65 bits per heavy atom. The summed E-state index contributed by atoms with van der Waals surface area (Å²) in [6, 6.07) is 5.30. The number of thioether (sulfide) groups is 1. The third kappa shape index (κ3) is 5.48. The van der Waals surface area contributed by atoms with Gasteiger partial charge in [0.25, 0.3) is 5.91 Å². The molecule has 0 fully saturated rings. The van der Waals surface area contributed by atoms with Gasteiger partial charge >= 0.3 is 5.97 Å². The zero-order valence-electron chi connectivity index (χ0n) is 13.4. The van der Waals surface area contributed by atoms with Gasteiger partial charge in [0, 0.05) is 11.0 Å². The number of halogens is 4. The van der Waals surface area contributed by atoms with Crippen LogP contribution < -0.4 is 5.32 Å². The molecule has 2 aromatic carbocycles. The first-order valence-electron chi connectivity index (χ1n) is 7.29. The molecule has 0 saturated heterocycles. The highest BCUT2D eigenvalue weighted by molar-refractivity contribution is 8.00. The summed E-state index contributed by atoms with van der Waals surface area (Å²) < 4.78 is 57.9. The van der Waals surface area contributed by atoms with Crippen LogP contribution in [0, 0.1) is 23.3 Å². The highest BCUT2D eigenvalue weighted by Crippen LogP contribution is 2.23. The van der Waals surface area contributed by atoms with Crippen molar-refractivity contribution >= 4 is 29.3 Å². The van der Waals surface area contributed by atoms with Crippen LogP contribution in [0.3, 0.4) is 0 Å². The Kier molecular flexibility index (Phi) is 6.62. The molecule has 0 saturated carbocycles. The van der Waals surface area contributed by atoms with E-state index in [0.29, 0.717) is 11.8 Å². The molecule has 1 N–H and O–H groups in total. The minimum Gasteiger partial charge on any atom is -0.452 e. The summed E-state index contributed by atoms with van der Waals surface area (Å²) in [4.78, 5) is 23.5. The number of carbonyl (C=O) groups is 2. The van der Waals surface area contributed by atoms with Gasteiger partial charge in [0.15, 0.2) is 6.10 Å². The van der Waals surface area contributed by atoms with Gasteiger partial charge in [-0.1, -0.05) is 0 Å². The average molecular weight is 387 g/mol. The Morgan fingerprint density at radius 1 is 1.04 bits per heavy atom. The second-order valence-corrected chi connectivity index (χ2v) is 6.13. The molecular weight excluding hydrogens is 374 g/mol. The van der Waals surface area contributed by atoms with E-state index in [-0.39, 0.29) is 10.6 Å². The van der Waals surface area contributed by atoms with Crippen LogP contribution in [0.5, 0.6) is 0 Å². The number of benzene rings is 2. The number of carbonyl (C=O) groups excluding carboxylic acids is 2. The monoisotopic (exact) mass is 387 g/mol. The quantitative estimate of drug-likeness (QED) is 0.464. The van der Waals surface area contributed by atoms with Crippen molar-refractivity contribution in [1.29, 1.82) is 0 Å². The summed E-state index contributed by atoms with van der Waals surface area (Å²) in [6.45, 7) is 1.23. The molecule has 0 aromatic heterocycles. The number of nitrogens with one attached hydrogen (secondary N) is 1. The molecule has 0 aliphatic carbocycles. The third-order valence-electron chi connectivity index (χ3n) is 3.10. The molecule has 0 radical (unpaired) electrons. The number of amides is 1. The minimum atomic E-state index is -1.30. The Morgan fingerprint density at radius 3 is 2.35 bits per heavy atom. The number of anilines is 1. The van der Waals surface area contributed by atoms with E-state index in [4.69, 9.17) is 4.74 Å². The Bertz CT molecular complexity index is 832. The second kappa shape index (κ2) is 8.70. The van der Waals surface area contributed by atoms with Gasteiger partial charge in [0.05, 0.1) is 11.4 Å². The molecule has 0 spiro atoms. The van der Waals surface area contributed by atoms with Gasteiger partial charge in [-0.05, 0) is 37.3 Å². The first-order chi connectivity index (χ1) is 12.3. The molecule has 0 heterocycles. The molecule has 9 heteroatoms. The lowest BCUT2D eigenvalue weighted by Crippen LogP contribution is -2.30. The lowest BCUT2D eigenvalue weighted by Gasteiger charge is -2.14. The first kappa shape index (κ1) is 19.8. The maximum absolute atomic E-state index is 13.5. The lowest BCUT2D eigenvalue weighted by molar-refractivity contribution is -0.150. The first-order valence-corrected chi connectivity index (χ1v) is 8.28. The third-order valence-corrected chi connectivity index (χ3v) is 4.11. The molecule has 4 nitrogen and oxygen atoms in total. The molecular formula is C17H13F4NO3S. The van der Waals surface area contributed by atoms with Crippen LogP contribution in [0.4, 0.5) is 23.2 Å². The van der Waals surface area contributed by atoms with E-state index in [1.54, 1.807) is 0 Å². The fourth-order valence-electron chi connectivity index (χ4n) is 1.84. The normalized spacial score (nSPS) is 11.7. The molecule has 2 rings (SSSR count). The van der Waals surface area contributed by atoms with Crippen molar-refractivity contribution in [2.75, 3.05) is 11.1 Å². The zero-order valence-corrected chi connectivity index (χ0v) is 14.2. The van der Waals surface area contributed by atoms with E-state index in [9.17, 15) is 27.2 Å². The van der Waals surface area contributed by atoms with Gasteiger partial charge in [-0.25, -0.2) is 17.6 Å². The topological polar surface area (TPSA) is 55.4 Å². The molecule has 0 bridgehead atoms. The van der Waals surface area contributed by atoms with Crippen LogP contribution in [0.1, 0.15) is 6.92 Å². The largest absolute Gasteiger partial charge is 0.452 e. The average Bonchev–Trinajstić information content (AvgIpc) is 2.58. The van der Waals surface area contributed by atoms with Crippen molar-refractivity contribution < 1.29 is 31.9 Å². The molecule has 1 atom stereocenters. The van der Waals surface area contributed by atoms with Crippen LogP contribution in [-0.2, 0) is 14.3 Å². The van der Waals surface area contributed by atoms with Crippen LogP contribution in [0.2, 0.25) is 0 Å². The number of rotatable bonds is 6. The molecule has 1 amide bonds. The van der Waals surface area contributed by atoms with Gasteiger partial charge in [-0.3, -0.25) is 9.59 Å². The standard InChI is InChI=1S/C17H13F4NO3S/c1-9(17(24)22-14-6-10(18)2-4-12(14)20)25-16(23)8-26-15-7-11(19)3-5-13(15)21/h2-7,9H,8H2,1H3,(H,22,24)/t9-/m0/s1. The van der Waals surface area contributed by atoms with Crippen LogP contribution in [0.15, 0.2) is 41.3 Å². The van der Waals surface area contributed by atoms with Crippen LogP contribution in [-0.4, -0.2) is 23.7 Å². The van der Waals surface area contributed by atoms with Gasteiger partial charge in [0.2, 0.25) is 0 Å². The van der Waals surface area contributed by atoms with E-state index >= 15 is 0 Å². The Labute approximate surface area is 150 Å². The molecule has 0 aliphatic rings. The summed E-state index contributed by atoms with van der Waals surface area (Å²) in [5.41, 5.74) is -0.394. The highest BCUT2D eigenvalue weighted by atomic mass is 32.2. The molecule has 26 heavy (non-hydrogen) atoms. The number of esters is 1. The van der Waals surface area contributed by atoms with Crippen LogP contribution >= 0.6 is 11.8 Å². The lowest BCUT2D eigenvalue weighted by atomic mass is 10.2. The van der Waals surface area contributed by atoms with Crippen molar-refractivity contribution in [3.05, 3.63) is 59.7 Å². The van der Waals surface area contributed by atoms with Crippen molar-refractivity contribution in [3.8, 4) is 0 Å². The van der Waals surface area contributed by atoms with Crippen molar-refractivity contribution in [1.82, 2.24) is 0 Å². The van der Waals surface area contributed by atoms with Gasteiger partial charge < -0.3 is 10.1 Å². The van der Waals surface area contributed by atoms with E-state index in [0.717, 1.165) is 36.4 Å². The minimum absolute atomic E-state index is 0.0825. The van der Waals surface area contributed by atoms with E-state index < -0.39 is 46.9 Å².